The molecule has 8 heteroatoms. The number of amides is 4. The van der Waals surface area contributed by atoms with Gasteiger partial charge in [-0.05, 0) is 81.7 Å². The van der Waals surface area contributed by atoms with Gasteiger partial charge >= 0.3 is 11.9 Å². The zero-order valence-electron chi connectivity index (χ0n) is 19.1. The molecule has 0 aromatic heterocycles. The number of fused-ring (bicyclic) bond motifs is 1. The van der Waals surface area contributed by atoms with Gasteiger partial charge in [0.05, 0.1) is 6.61 Å². The highest BCUT2D eigenvalue weighted by molar-refractivity contribution is 8.17. The number of rotatable bonds is 5. The molecule has 3 heterocycles. The fourth-order valence-corrected chi connectivity index (χ4v) is 5.80. The molecule has 0 radical (unpaired) electrons. The van der Waals surface area contributed by atoms with E-state index in [9.17, 15) is 14.4 Å². The second kappa shape index (κ2) is 9.10. The minimum atomic E-state index is -0.532. The quantitative estimate of drug-likeness (QED) is 0.626. The molecule has 1 aromatic rings. The van der Waals surface area contributed by atoms with Gasteiger partial charge in [0, 0.05) is 12.6 Å². The van der Waals surface area contributed by atoms with Gasteiger partial charge in [-0.1, -0.05) is 11.8 Å². The number of hydrogen-bond acceptors (Lipinski definition) is 5. The van der Waals surface area contributed by atoms with Gasteiger partial charge in [-0.3, -0.25) is 4.79 Å². The molecule has 170 valence electrons. The van der Waals surface area contributed by atoms with Gasteiger partial charge in [-0.2, -0.15) is 9.37 Å². The molecule has 1 saturated heterocycles. The molecule has 2 atom stereocenters. The minimum Gasteiger partial charge on any atom is -0.494 e. The Labute approximate surface area is 193 Å². The third-order valence-corrected chi connectivity index (χ3v) is 7.76. The van der Waals surface area contributed by atoms with Gasteiger partial charge in [-0.25, -0.2) is 4.79 Å². The molecule has 0 bridgehead atoms. The van der Waals surface area contributed by atoms with Crippen molar-refractivity contribution in [2.45, 2.75) is 53.0 Å². The first-order valence-corrected chi connectivity index (χ1v) is 12.0. The van der Waals surface area contributed by atoms with Crippen molar-refractivity contribution >= 4 is 40.3 Å². The van der Waals surface area contributed by atoms with Gasteiger partial charge < -0.3 is 9.64 Å². The summed E-state index contributed by atoms with van der Waals surface area (Å²) >= 11 is 1.43. The normalized spacial score (nSPS) is 23.8. The van der Waals surface area contributed by atoms with Crippen LogP contribution in [0.4, 0.5) is 10.5 Å². The zero-order valence-corrected chi connectivity index (χ0v) is 19.9. The lowest BCUT2D eigenvalue weighted by atomic mass is 9.98. The lowest BCUT2D eigenvalue weighted by Crippen LogP contribution is -2.56. The van der Waals surface area contributed by atoms with E-state index in [0.29, 0.717) is 29.6 Å². The van der Waals surface area contributed by atoms with E-state index in [2.05, 4.69) is 6.92 Å². The van der Waals surface area contributed by atoms with E-state index in [0.717, 1.165) is 29.7 Å². The predicted octanol–water partition coefficient (Wildman–Crippen LogP) is 4.02. The lowest BCUT2D eigenvalue weighted by Gasteiger charge is -2.33. The number of benzene rings is 1. The Kier molecular flexibility index (Phi) is 6.42. The molecular formula is C24H30N3O4S+. The number of allylic oxidation sites excluding steroid dienone is 1. The molecule has 3 aliphatic rings. The highest BCUT2D eigenvalue weighted by Gasteiger charge is 2.53. The number of nitrogens with zero attached hydrogens (tertiary/aromatic N) is 3. The van der Waals surface area contributed by atoms with Crippen molar-refractivity contribution in [3.8, 4) is 5.75 Å². The molecule has 0 spiro atoms. The maximum Gasteiger partial charge on any atom is 0.507 e. The van der Waals surface area contributed by atoms with Gasteiger partial charge in [-0.15, -0.1) is 4.90 Å². The van der Waals surface area contributed by atoms with Crippen LogP contribution in [0.2, 0.25) is 0 Å². The molecule has 0 saturated carbocycles. The summed E-state index contributed by atoms with van der Waals surface area (Å²) in [6, 6.07) is 6.62. The van der Waals surface area contributed by atoms with Gasteiger partial charge in [0.25, 0.3) is 5.91 Å². The van der Waals surface area contributed by atoms with Crippen molar-refractivity contribution in [2.75, 3.05) is 24.6 Å². The van der Waals surface area contributed by atoms with Crippen molar-refractivity contribution in [2.24, 2.45) is 5.92 Å². The summed E-state index contributed by atoms with van der Waals surface area (Å²) < 4.78 is 7.00. The van der Waals surface area contributed by atoms with Crippen molar-refractivity contribution < 1.29 is 23.7 Å². The first-order chi connectivity index (χ1) is 15.3. The van der Waals surface area contributed by atoms with E-state index in [1.165, 1.54) is 21.2 Å². The number of imide groups is 1. The topological polar surface area (TPSA) is 69.9 Å². The number of ether oxygens (including phenoxy) is 1. The molecule has 0 N–H and O–H groups in total. The molecule has 2 unspecified atom stereocenters. The molecular weight excluding hydrogens is 426 g/mol. The van der Waals surface area contributed by atoms with Crippen LogP contribution < -0.4 is 9.64 Å². The Balaban J connectivity index is 1.69. The van der Waals surface area contributed by atoms with Crippen LogP contribution in [0.5, 0.6) is 5.75 Å². The Morgan fingerprint density at radius 1 is 1.19 bits per heavy atom. The maximum absolute atomic E-state index is 13.6. The van der Waals surface area contributed by atoms with Crippen LogP contribution in [0.15, 0.2) is 34.7 Å². The molecule has 1 fully saturated rings. The van der Waals surface area contributed by atoms with Crippen LogP contribution >= 0.6 is 11.8 Å². The number of piperidine rings is 1. The summed E-state index contributed by atoms with van der Waals surface area (Å²) in [6.45, 7) is 9.03. The number of anilines is 1. The highest BCUT2D eigenvalue weighted by atomic mass is 32.2. The summed E-state index contributed by atoms with van der Waals surface area (Å²) in [5.41, 5.74) is 1.41. The van der Waals surface area contributed by atoms with E-state index < -0.39 is 11.9 Å². The Hall–Kier alpha value is -2.61. The smallest absolute Gasteiger partial charge is 0.494 e. The van der Waals surface area contributed by atoms with E-state index in [-0.39, 0.29) is 24.4 Å². The van der Waals surface area contributed by atoms with Crippen molar-refractivity contribution in [3.05, 3.63) is 34.7 Å². The third-order valence-electron chi connectivity index (χ3n) is 6.47. The van der Waals surface area contributed by atoms with Gasteiger partial charge in [0.1, 0.15) is 11.4 Å². The van der Waals surface area contributed by atoms with Gasteiger partial charge in [0.2, 0.25) is 0 Å². The fraction of sp³-hybridized carbons (Fsp3) is 0.500. The van der Waals surface area contributed by atoms with E-state index in [1.807, 2.05) is 25.7 Å². The van der Waals surface area contributed by atoms with Crippen LogP contribution in [0.25, 0.3) is 0 Å². The summed E-state index contributed by atoms with van der Waals surface area (Å²) in [7, 11) is 0. The number of likely N-dealkylation sites (tertiary alicyclic amines) is 1. The largest absolute Gasteiger partial charge is 0.507 e. The fourth-order valence-electron chi connectivity index (χ4n) is 4.56. The molecule has 32 heavy (non-hydrogen) atoms. The van der Waals surface area contributed by atoms with Crippen molar-refractivity contribution in [1.29, 1.82) is 0 Å². The average molecular weight is 457 g/mol. The summed E-state index contributed by atoms with van der Waals surface area (Å²) in [5, 5.41) is 0.648. The van der Waals surface area contributed by atoms with E-state index >= 15 is 0 Å². The summed E-state index contributed by atoms with van der Waals surface area (Å²) in [6.07, 6.45) is 3.07. The maximum atomic E-state index is 13.6. The highest BCUT2D eigenvalue weighted by Crippen LogP contribution is 2.41. The van der Waals surface area contributed by atoms with Gasteiger partial charge in [0.15, 0.2) is 17.5 Å². The van der Waals surface area contributed by atoms with E-state index in [1.54, 1.807) is 24.3 Å². The monoisotopic (exact) mass is 456 g/mol. The minimum absolute atomic E-state index is 0.0522. The van der Waals surface area contributed by atoms with Crippen LogP contribution in [0, 0.1) is 5.92 Å². The standard InChI is InChI=1S/C24H30N3O4S/c1-5-31-19-11-9-18(10-12-19)27-22(29)21-16(3)17(4)32-23(21)26(24(27)30)14-20(28)25-13-7-6-8-15(25)2/h9-12,15,21H,5-8,13-14H2,1-4H3/q+1. The SMILES string of the molecule is CCOc1ccc(N2C(=O)C3C(C)=C(C)SC3=[N+](CC(=O)N3CCCCC3C)C2=O)cc1. The molecule has 1 aromatic carbocycles. The van der Waals surface area contributed by atoms with E-state index in [4.69, 9.17) is 4.74 Å². The second-order valence-electron chi connectivity index (χ2n) is 8.51. The lowest BCUT2D eigenvalue weighted by molar-refractivity contribution is -0.416. The van der Waals surface area contributed by atoms with Crippen LogP contribution in [-0.4, -0.2) is 58.1 Å². The molecule has 4 rings (SSSR count). The number of carbonyl (C=O) groups excluding carboxylic acids is 3. The molecule has 0 aliphatic carbocycles. The molecule has 3 aliphatic heterocycles. The van der Waals surface area contributed by atoms with Crippen LogP contribution in [0.3, 0.4) is 0 Å². The van der Waals surface area contributed by atoms with Crippen LogP contribution in [0.1, 0.15) is 47.0 Å². The first kappa shape index (κ1) is 22.6. The zero-order chi connectivity index (χ0) is 23.0. The predicted molar refractivity (Wildman–Crippen MR) is 125 cm³/mol. The third kappa shape index (κ3) is 3.96. The average Bonchev–Trinajstić information content (AvgIpc) is 3.07. The van der Waals surface area contributed by atoms with Crippen LogP contribution in [-0.2, 0) is 9.59 Å². The van der Waals surface area contributed by atoms with Crippen molar-refractivity contribution in [1.82, 2.24) is 4.90 Å². The molecule has 4 amide bonds. The Morgan fingerprint density at radius 2 is 1.91 bits per heavy atom. The summed E-state index contributed by atoms with van der Waals surface area (Å²) in [4.78, 5) is 44.3. The molecule has 7 nitrogen and oxygen atoms in total. The second-order valence-corrected chi connectivity index (χ2v) is 9.75. The Bertz CT molecular complexity index is 1010. The van der Waals surface area contributed by atoms with Crippen molar-refractivity contribution in [3.63, 3.8) is 0 Å². The number of carbonyl (C=O) groups is 3. The Morgan fingerprint density at radius 3 is 2.56 bits per heavy atom. The number of thioether (sulfide) groups is 1. The first-order valence-electron chi connectivity index (χ1n) is 11.2. The summed E-state index contributed by atoms with van der Waals surface area (Å²) in [5.74, 6) is -0.197. The number of urea groups is 1. The number of hydrogen-bond donors (Lipinski definition) is 0.